The minimum atomic E-state index is -0.620. The number of phenols is 4. The molecular weight excluding hydrogens is 246 g/mol. The van der Waals surface area contributed by atoms with Crippen molar-refractivity contribution in [1.82, 2.24) is 0 Å². The van der Waals surface area contributed by atoms with E-state index in [9.17, 15) is 20.4 Å². The second kappa shape index (κ2) is 5.07. The van der Waals surface area contributed by atoms with E-state index in [-0.39, 0.29) is 28.6 Å². The average Bonchev–Trinajstić information content (AvgIpc) is 2.30. The number of hydrogen-bond donors (Lipinski definition) is 5. The summed E-state index contributed by atoms with van der Waals surface area (Å²) < 4.78 is 0. The molecule has 19 heavy (non-hydrogen) atoms. The smallest absolute Gasteiger partial charge is 0.127 e. The fourth-order valence-corrected chi connectivity index (χ4v) is 1.98. The Balaban J connectivity index is 2.25. The van der Waals surface area contributed by atoms with Crippen LogP contribution in [0.25, 0.3) is 0 Å². The summed E-state index contributed by atoms with van der Waals surface area (Å²) in [7, 11) is 0. The Labute approximate surface area is 110 Å². The highest BCUT2D eigenvalue weighted by Gasteiger charge is 2.17. The standard InChI is InChI=1S/C14H15NO4/c15-11(5-8-1-3-9(16)4-2-8)14-12(18)6-10(17)7-13(14)19/h1-4,6-7,11,16-19H,5,15H2. The van der Waals surface area contributed by atoms with Crippen molar-refractivity contribution in [3.05, 3.63) is 47.5 Å². The maximum atomic E-state index is 9.72. The van der Waals surface area contributed by atoms with Gasteiger partial charge in [0.1, 0.15) is 23.0 Å². The summed E-state index contributed by atoms with van der Waals surface area (Å²) in [6, 6.07) is 8.15. The highest BCUT2D eigenvalue weighted by molar-refractivity contribution is 5.50. The normalized spacial score (nSPS) is 12.3. The third-order valence-electron chi connectivity index (χ3n) is 2.88. The van der Waals surface area contributed by atoms with Crippen LogP contribution >= 0.6 is 0 Å². The van der Waals surface area contributed by atoms with E-state index < -0.39 is 6.04 Å². The highest BCUT2D eigenvalue weighted by atomic mass is 16.3. The van der Waals surface area contributed by atoms with Gasteiger partial charge in [0.25, 0.3) is 0 Å². The van der Waals surface area contributed by atoms with Gasteiger partial charge in [-0.1, -0.05) is 12.1 Å². The topological polar surface area (TPSA) is 107 Å². The first-order valence-corrected chi connectivity index (χ1v) is 5.75. The summed E-state index contributed by atoms with van der Waals surface area (Å²) in [4.78, 5) is 0. The minimum Gasteiger partial charge on any atom is -0.508 e. The molecule has 0 aliphatic heterocycles. The molecule has 0 radical (unpaired) electrons. The van der Waals surface area contributed by atoms with Crippen LogP contribution in [0.15, 0.2) is 36.4 Å². The van der Waals surface area contributed by atoms with Crippen molar-refractivity contribution in [2.24, 2.45) is 5.73 Å². The molecule has 6 N–H and O–H groups in total. The average molecular weight is 261 g/mol. The lowest BCUT2D eigenvalue weighted by atomic mass is 9.98. The van der Waals surface area contributed by atoms with Crippen LogP contribution in [0.3, 0.4) is 0 Å². The summed E-state index contributed by atoms with van der Waals surface area (Å²) in [5, 5.41) is 37.9. The minimum absolute atomic E-state index is 0.160. The zero-order valence-corrected chi connectivity index (χ0v) is 10.1. The molecular formula is C14H15NO4. The fraction of sp³-hybridized carbons (Fsp3) is 0.143. The lowest BCUT2D eigenvalue weighted by molar-refractivity contribution is 0.411. The third-order valence-corrected chi connectivity index (χ3v) is 2.88. The second-order valence-electron chi connectivity index (χ2n) is 4.37. The molecule has 0 saturated carbocycles. The van der Waals surface area contributed by atoms with Gasteiger partial charge in [0.15, 0.2) is 0 Å². The van der Waals surface area contributed by atoms with Crippen molar-refractivity contribution in [2.75, 3.05) is 0 Å². The predicted octanol–water partition coefficient (Wildman–Crippen LogP) is 1.75. The molecule has 0 aliphatic rings. The molecule has 0 fully saturated rings. The number of nitrogens with two attached hydrogens (primary N) is 1. The van der Waals surface area contributed by atoms with Gasteiger partial charge in [-0.2, -0.15) is 0 Å². The van der Waals surface area contributed by atoms with Gasteiger partial charge in [-0.05, 0) is 24.1 Å². The van der Waals surface area contributed by atoms with Crippen LogP contribution in [0.1, 0.15) is 17.2 Å². The van der Waals surface area contributed by atoms with Gasteiger partial charge < -0.3 is 26.2 Å². The lowest BCUT2D eigenvalue weighted by Gasteiger charge is -2.15. The Kier molecular flexibility index (Phi) is 3.48. The molecule has 2 aromatic rings. The van der Waals surface area contributed by atoms with E-state index in [1.54, 1.807) is 24.3 Å². The Morgan fingerprint density at radius 1 is 0.842 bits per heavy atom. The van der Waals surface area contributed by atoms with Gasteiger partial charge in [-0.25, -0.2) is 0 Å². The largest absolute Gasteiger partial charge is 0.508 e. The Bertz CT molecular complexity index is 557. The number of aromatic hydroxyl groups is 4. The lowest BCUT2D eigenvalue weighted by Crippen LogP contribution is -2.13. The first-order chi connectivity index (χ1) is 8.97. The van der Waals surface area contributed by atoms with Crippen molar-refractivity contribution in [1.29, 1.82) is 0 Å². The number of phenolic OH excluding ortho intramolecular Hbond substituents is 4. The maximum Gasteiger partial charge on any atom is 0.127 e. The van der Waals surface area contributed by atoms with E-state index in [2.05, 4.69) is 0 Å². The predicted molar refractivity (Wildman–Crippen MR) is 70.2 cm³/mol. The van der Waals surface area contributed by atoms with Crippen LogP contribution in [0, 0.1) is 0 Å². The van der Waals surface area contributed by atoms with Crippen molar-refractivity contribution in [2.45, 2.75) is 12.5 Å². The Morgan fingerprint density at radius 3 is 1.89 bits per heavy atom. The van der Waals surface area contributed by atoms with E-state index >= 15 is 0 Å². The van der Waals surface area contributed by atoms with E-state index in [1.807, 2.05) is 0 Å². The van der Waals surface area contributed by atoms with Gasteiger partial charge in [-0.3, -0.25) is 0 Å². The monoisotopic (exact) mass is 261 g/mol. The Morgan fingerprint density at radius 2 is 1.37 bits per heavy atom. The molecule has 0 bridgehead atoms. The fourth-order valence-electron chi connectivity index (χ4n) is 1.98. The molecule has 5 heteroatoms. The summed E-state index contributed by atoms with van der Waals surface area (Å²) in [5.74, 6) is -0.559. The summed E-state index contributed by atoms with van der Waals surface area (Å²) >= 11 is 0. The molecule has 2 rings (SSSR count). The van der Waals surface area contributed by atoms with E-state index in [4.69, 9.17) is 5.73 Å². The molecule has 0 spiro atoms. The van der Waals surface area contributed by atoms with Gasteiger partial charge in [0, 0.05) is 18.2 Å². The molecule has 0 aliphatic carbocycles. The van der Waals surface area contributed by atoms with Crippen LogP contribution in [0.2, 0.25) is 0 Å². The van der Waals surface area contributed by atoms with Crippen molar-refractivity contribution in [3.63, 3.8) is 0 Å². The van der Waals surface area contributed by atoms with Crippen LogP contribution in [-0.2, 0) is 6.42 Å². The molecule has 100 valence electrons. The molecule has 0 amide bonds. The molecule has 2 aromatic carbocycles. The maximum absolute atomic E-state index is 9.72. The molecule has 0 aromatic heterocycles. The van der Waals surface area contributed by atoms with Gasteiger partial charge in [0.2, 0.25) is 0 Å². The summed E-state index contributed by atoms with van der Waals surface area (Å²) in [6.45, 7) is 0. The van der Waals surface area contributed by atoms with Crippen molar-refractivity contribution >= 4 is 0 Å². The molecule has 0 heterocycles. The number of rotatable bonds is 3. The number of benzene rings is 2. The quantitative estimate of drug-likeness (QED) is 0.578. The van der Waals surface area contributed by atoms with Crippen LogP contribution in [-0.4, -0.2) is 20.4 Å². The van der Waals surface area contributed by atoms with Crippen molar-refractivity contribution in [3.8, 4) is 23.0 Å². The van der Waals surface area contributed by atoms with E-state index in [0.717, 1.165) is 17.7 Å². The van der Waals surface area contributed by atoms with Gasteiger partial charge in [-0.15, -0.1) is 0 Å². The van der Waals surface area contributed by atoms with Gasteiger partial charge >= 0.3 is 0 Å². The van der Waals surface area contributed by atoms with E-state index in [1.165, 1.54) is 0 Å². The van der Waals surface area contributed by atoms with Crippen LogP contribution in [0.5, 0.6) is 23.0 Å². The second-order valence-corrected chi connectivity index (χ2v) is 4.37. The first kappa shape index (κ1) is 13.0. The van der Waals surface area contributed by atoms with E-state index in [0.29, 0.717) is 6.42 Å². The van der Waals surface area contributed by atoms with Crippen molar-refractivity contribution < 1.29 is 20.4 Å². The Hall–Kier alpha value is -2.40. The number of hydrogen-bond acceptors (Lipinski definition) is 5. The molecule has 1 unspecified atom stereocenters. The summed E-state index contributed by atoms with van der Waals surface area (Å²) in [6.07, 6.45) is 0.381. The SMILES string of the molecule is NC(Cc1ccc(O)cc1)c1c(O)cc(O)cc1O. The zero-order valence-electron chi connectivity index (χ0n) is 10.1. The molecule has 5 nitrogen and oxygen atoms in total. The molecule has 1 atom stereocenters. The van der Waals surface area contributed by atoms with Gasteiger partial charge in [0.05, 0.1) is 5.56 Å². The summed E-state index contributed by atoms with van der Waals surface area (Å²) in [5.41, 5.74) is 7.00. The highest BCUT2D eigenvalue weighted by Crippen LogP contribution is 2.36. The van der Waals surface area contributed by atoms with Crippen LogP contribution < -0.4 is 5.73 Å². The zero-order chi connectivity index (χ0) is 14.0. The molecule has 0 saturated heterocycles. The van der Waals surface area contributed by atoms with Crippen LogP contribution in [0.4, 0.5) is 0 Å². The first-order valence-electron chi connectivity index (χ1n) is 5.75. The third kappa shape index (κ3) is 2.89.